The van der Waals surface area contributed by atoms with Crippen molar-refractivity contribution in [1.82, 2.24) is 4.98 Å². The fraction of sp³-hybridized carbons (Fsp3) is 0.615. The first-order valence-corrected chi connectivity index (χ1v) is 7.06. The van der Waals surface area contributed by atoms with Gasteiger partial charge in [-0.1, -0.05) is 19.9 Å². The molecule has 0 fully saturated rings. The van der Waals surface area contributed by atoms with Crippen molar-refractivity contribution in [3.63, 3.8) is 0 Å². The lowest BCUT2D eigenvalue weighted by Gasteiger charge is -2.24. The lowest BCUT2D eigenvalue weighted by atomic mass is 10.1. The zero-order valence-electron chi connectivity index (χ0n) is 10.5. The molecule has 0 aliphatic heterocycles. The number of thioether (sulfide) groups is 1. The Morgan fingerprint density at radius 3 is 2.76 bits per heavy atom. The monoisotopic (exact) mass is 254 g/mol. The Balaban J connectivity index is 2.74. The van der Waals surface area contributed by atoms with Crippen molar-refractivity contribution in [3.8, 4) is 0 Å². The van der Waals surface area contributed by atoms with Crippen LogP contribution in [0.4, 0.5) is 0 Å². The summed E-state index contributed by atoms with van der Waals surface area (Å²) in [5.74, 6) is 0. The third kappa shape index (κ3) is 4.66. The molecule has 0 radical (unpaired) electrons. The smallest absolute Gasteiger partial charge is 0.0623 e. The Morgan fingerprint density at radius 2 is 2.24 bits per heavy atom. The summed E-state index contributed by atoms with van der Waals surface area (Å²) < 4.78 is 0. The fourth-order valence-corrected chi connectivity index (χ4v) is 3.06. The maximum Gasteiger partial charge on any atom is 0.0623 e. The van der Waals surface area contributed by atoms with E-state index in [1.165, 1.54) is 0 Å². The number of aliphatic hydroxyl groups excluding tert-OH is 1. The summed E-state index contributed by atoms with van der Waals surface area (Å²) in [7, 11) is 0. The Kier molecular flexibility index (Phi) is 6.55. The molecule has 0 saturated heterocycles. The van der Waals surface area contributed by atoms with Gasteiger partial charge in [0.15, 0.2) is 0 Å². The minimum Gasteiger partial charge on any atom is -0.396 e. The van der Waals surface area contributed by atoms with E-state index in [2.05, 4.69) is 18.8 Å². The van der Waals surface area contributed by atoms with E-state index in [0.717, 1.165) is 18.5 Å². The molecule has 1 heterocycles. The third-order valence-electron chi connectivity index (χ3n) is 2.75. The molecule has 1 rings (SSSR count). The van der Waals surface area contributed by atoms with Crippen molar-refractivity contribution in [2.45, 2.75) is 43.2 Å². The van der Waals surface area contributed by atoms with E-state index in [0.29, 0.717) is 5.25 Å². The van der Waals surface area contributed by atoms with E-state index in [4.69, 9.17) is 10.8 Å². The molecule has 1 aromatic rings. The van der Waals surface area contributed by atoms with Gasteiger partial charge in [-0.05, 0) is 25.0 Å². The average molecular weight is 254 g/mol. The molecular formula is C13H22N2OS. The number of hydrogen-bond donors (Lipinski definition) is 2. The van der Waals surface area contributed by atoms with E-state index in [1.807, 2.05) is 36.2 Å². The van der Waals surface area contributed by atoms with Gasteiger partial charge in [0.25, 0.3) is 0 Å². The van der Waals surface area contributed by atoms with E-state index in [9.17, 15) is 0 Å². The number of rotatable bonds is 7. The SMILES string of the molecule is CCC(N)C(SC(C)CCO)c1ccccn1. The van der Waals surface area contributed by atoms with Crippen LogP contribution < -0.4 is 5.73 Å². The van der Waals surface area contributed by atoms with Gasteiger partial charge in [0, 0.05) is 24.1 Å². The molecule has 17 heavy (non-hydrogen) atoms. The van der Waals surface area contributed by atoms with E-state index < -0.39 is 0 Å². The minimum absolute atomic E-state index is 0.107. The molecule has 0 spiro atoms. The first-order valence-electron chi connectivity index (χ1n) is 6.11. The molecule has 0 bridgehead atoms. The summed E-state index contributed by atoms with van der Waals surface area (Å²) >= 11 is 1.81. The predicted molar refractivity (Wildman–Crippen MR) is 74.0 cm³/mol. The van der Waals surface area contributed by atoms with Crippen LogP contribution in [0.3, 0.4) is 0 Å². The largest absolute Gasteiger partial charge is 0.396 e. The molecule has 0 aliphatic carbocycles. The molecule has 3 nitrogen and oxygen atoms in total. The normalized spacial score (nSPS) is 16.5. The van der Waals surface area contributed by atoms with Crippen molar-refractivity contribution in [3.05, 3.63) is 30.1 Å². The van der Waals surface area contributed by atoms with Crippen LogP contribution in [0.1, 0.15) is 37.6 Å². The number of nitrogens with two attached hydrogens (primary N) is 1. The molecule has 0 aromatic carbocycles. The van der Waals surface area contributed by atoms with Crippen LogP contribution in [-0.4, -0.2) is 28.0 Å². The molecule has 1 aromatic heterocycles. The topological polar surface area (TPSA) is 59.1 Å². The van der Waals surface area contributed by atoms with Crippen LogP contribution in [0.25, 0.3) is 0 Å². The minimum atomic E-state index is 0.107. The molecule has 0 amide bonds. The lowest BCUT2D eigenvalue weighted by Crippen LogP contribution is -2.27. The molecule has 3 unspecified atom stereocenters. The summed E-state index contributed by atoms with van der Waals surface area (Å²) in [5.41, 5.74) is 7.21. The van der Waals surface area contributed by atoms with Crippen LogP contribution in [-0.2, 0) is 0 Å². The highest BCUT2D eigenvalue weighted by Gasteiger charge is 2.22. The second kappa shape index (κ2) is 7.69. The highest BCUT2D eigenvalue weighted by atomic mass is 32.2. The number of aliphatic hydroxyl groups is 1. The van der Waals surface area contributed by atoms with Gasteiger partial charge in [-0.3, -0.25) is 4.98 Å². The van der Waals surface area contributed by atoms with Gasteiger partial charge in [-0.25, -0.2) is 0 Å². The van der Waals surface area contributed by atoms with Crippen LogP contribution >= 0.6 is 11.8 Å². The van der Waals surface area contributed by atoms with Crippen LogP contribution in [0.5, 0.6) is 0 Å². The van der Waals surface area contributed by atoms with Gasteiger partial charge in [0.1, 0.15) is 0 Å². The first kappa shape index (κ1) is 14.5. The Bertz CT molecular complexity index is 308. The quantitative estimate of drug-likeness (QED) is 0.784. The van der Waals surface area contributed by atoms with Crippen LogP contribution in [0, 0.1) is 0 Å². The molecule has 3 N–H and O–H groups in total. The summed E-state index contributed by atoms with van der Waals surface area (Å²) in [6, 6.07) is 6.05. The lowest BCUT2D eigenvalue weighted by molar-refractivity contribution is 0.288. The summed E-state index contributed by atoms with van der Waals surface area (Å²) in [4.78, 5) is 4.40. The maximum atomic E-state index is 8.96. The van der Waals surface area contributed by atoms with E-state index in [-0.39, 0.29) is 17.9 Å². The van der Waals surface area contributed by atoms with Gasteiger partial charge in [-0.15, -0.1) is 11.8 Å². The molecule has 4 heteroatoms. The standard InChI is InChI=1S/C13H22N2OS/c1-3-11(14)13(17-10(2)7-9-16)12-6-4-5-8-15-12/h4-6,8,10-11,13,16H,3,7,9,14H2,1-2H3. The molecule has 0 aliphatic rings. The van der Waals surface area contributed by atoms with Crippen LogP contribution in [0.15, 0.2) is 24.4 Å². The molecule has 0 saturated carbocycles. The van der Waals surface area contributed by atoms with Crippen molar-refractivity contribution in [2.75, 3.05) is 6.61 Å². The Labute approximate surface area is 108 Å². The summed E-state index contributed by atoms with van der Waals surface area (Å²) in [6.45, 7) is 4.45. The van der Waals surface area contributed by atoms with Crippen molar-refractivity contribution >= 4 is 11.8 Å². The second-order valence-electron chi connectivity index (χ2n) is 4.21. The number of pyridine rings is 1. The zero-order chi connectivity index (χ0) is 12.7. The zero-order valence-corrected chi connectivity index (χ0v) is 11.4. The number of aromatic nitrogens is 1. The van der Waals surface area contributed by atoms with Crippen molar-refractivity contribution in [2.24, 2.45) is 5.73 Å². The first-order chi connectivity index (χ1) is 8.19. The molecule has 3 atom stereocenters. The fourth-order valence-electron chi connectivity index (χ4n) is 1.65. The van der Waals surface area contributed by atoms with Crippen molar-refractivity contribution in [1.29, 1.82) is 0 Å². The predicted octanol–water partition coefficient (Wildman–Crippen LogP) is 2.36. The van der Waals surface area contributed by atoms with Gasteiger partial charge < -0.3 is 10.8 Å². The highest BCUT2D eigenvalue weighted by Crippen LogP contribution is 2.35. The number of hydrogen-bond acceptors (Lipinski definition) is 4. The average Bonchev–Trinajstić information content (AvgIpc) is 2.36. The second-order valence-corrected chi connectivity index (χ2v) is 5.79. The van der Waals surface area contributed by atoms with Gasteiger partial charge in [0.05, 0.1) is 10.9 Å². The van der Waals surface area contributed by atoms with Gasteiger partial charge >= 0.3 is 0 Å². The van der Waals surface area contributed by atoms with Gasteiger partial charge in [0.2, 0.25) is 0 Å². The van der Waals surface area contributed by atoms with E-state index in [1.54, 1.807) is 0 Å². The third-order valence-corrected chi connectivity index (χ3v) is 4.34. The van der Waals surface area contributed by atoms with Crippen molar-refractivity contribution < 1.29 is 5.11 Å². The maximum absolute atomic E-state index is 8.96. The van der Waals surface area contributed by atoms with E-state index >= 15 is 0 Å². The molecular weight excluding hydrogens is 232 g/mol. The Morgan fingerprint density at radius 1 is 1.47 bits per heavy atom. The number of nitrogens with zero attached hydrogens (tertiary/aromatic N) is 1. The van der Waals surface area contributed by atoms with Crippen LogP contribution in [0.2, 0.25) is 0 Å². The Hall–Kier alpha value is -0.580. The highest BCUT2D eigenvalue weighted by molar-refractivity contribution is 8.00. The summed E-state index contributed by atoms with van der Waals surface area (Å²) in [5, 5.41) is 9.56. The van der Waals surface area contributed by atoms with Gasteiger partial charge in [-0.2, -0.15) is 0 Å². The summed E-state index contributed by atoms with van der Waals surface area (Å²) in [6.07, 6.45) is 3.53. The molecule has 96 valence electrons.